The van der Waals surface area contributed by atoms with E-state index in [1.165, 1.54) is 37.2 Å². The minimum absolute atomic E-state index is 0.152. The zero-order valence-corrected chi connectivity index (χ0v) is 13.9. The highest BCUT2D eigenvalue weighted by Gasteiger charge is 2.41. The maximum Gasteiger partial charge on any atom is 0.0776 e. The molecule has 1 aromatic rings. The highest BCUT2D eigenvalue weighted by atomic mass is 15.4. The Morgan fingerprint density at radius 2 is 1.55 bits per heavy atom. The summed E-state index contributed by atoms with van der Waals surface area (Å²) in [5, 5.41) is 4.78. The molecule has 0 atom stereocenters. The van der Waals surface area contributed by atoms with Crippen LogP contribution in [0.2, 0.25) is 0 Å². The van der Waals surface area contributed by atoms with Gasteiger partial charge in [-0.25, -0.2) is 0 Å². The first-order valence-corrected chi connectivity index (χ1v) is 8.00. The number of rotatable bonds is 2. The fourth-order valence-electron chi connectivity index (χ4n) is 3.32. The summed E-state index contributed by atoms with van der Waals surface area (Å²) in [6.45, 7) is 16.2. The van der Waals surface area contributed by atoms with Crippen LogP contribution in [0.3, 0.4) is 0 Å². The van der Waals surface area contributed by atoms with Crippen LogP contribution in [-0.2, 0) is 10.8 Å². The van der Waals surface area contributed by atoms with Gasteiger partial charge in [-0.2, -0.15) is 5.10 Å². The Bertz CT molecular complexity index is 491. The van der Waals surface area contributed by atoms with Gasteiger partial charge in [0.15, 0.2) is 0 Å². The van der Waals surface area contributed by atoms with E-state index < -0.39 is 0 Å². The van der Waals surface area contributed by atoms with E-state index in [1.807, 2.05) is 0 Å². The van der Waals surface area contributed by atoms with Crippen molar-refractivity contribution in [2.24, 2.45) is 0 Å². The normalized spacial score (nSPS) is 22.1. The highest BCUT2D eigenvalue weighted by Crippen LogP contribution is 2.39. The average molecular weight is 275 g/mol. The molecule has 0 N–H and O–H groups in total. The first-order valence-electron chi connectivity index (χ1n) is 8.00. The Morgan fingerprint density at radius 1 is 0.950 bits per heavy atom. The van der Waals surface area contributed by atoms with Crippen molar-refractivity contribution < 1.29 is 0 Å². The van der Waals surface area contributed by atoms with Crippen molar-refractivity contribution in [3.8, 4) is 0 Å². The standard InChI is InChI=1S/C17H29N3/c1-16(2,3)14-9-18-20(15(14)17(4,5)6)13-10-19(11-13)12-7-8-12/h9,12-13H,7-8,10-11H2,1-6H3. The molecule has 1 aromatic heterocycles. The summed E-state index contributed by atoms with van der Waals surface area (Å²) in [5.74, 6) is 0. The lowest BCUT2D eigenvalue weighted by Crippen LogP contribution is -2.50. The van der Waals surface area contributed by atoms with Crippen LogP contribution in [0.15, 0.2) is 6.20 Å². The molecule has 3 heteroatoms. The molecule has 0 amide bonds. The Hall–Kier alpha value is -0.830. The van der Waals surface area contributed by atoms with Gasteiger partial charge in [0.1, 0.15) is 0 Å². The zero-order chi connectivity index (χ0) is 14.7. The summed E-state index contributed by atoms with van der Waals surface area (Å²) in [7, 11) is 0. The van der Waals surface area contributed by atoms with Crippen LogP contribution >= 0.6 is 0 Å². The minimum atomic E-state index is 0.152. The lowest BCUT2D eigenvalue weighted by Gasteiger charge is -2.41. The van der Waals surface area contributed by atoms with Crippen LogP contribution in [0.5, 0.6) is 0 Å². The van der Waals surface area contributed by atoms with Crippen LogP contribution < -0.4 is 0 Å². The molecule has 20 heavy (non-hydrogen) atoms. The van der Waals surface area contributed by atoms with Crippen LogP contribution in [0.4, 0.5) is 0 Å². The van der Waals surface area contributed by atoms with E-state index in [0.717, 1.165) is 6.04 Å². The SMILES string of the molecule is CC(C)(C)c1cnn(C2CN(C3CC3)C2)c1C(C)(C)C. The monoisotopic (exact) mass is 275 g/mol. The predicted octanol–water partition coefficient (Wildman–Crippen LogP) is 3.50. The maximum atomic E-state index is 4.78. The first kappa shape index (κ1) is 14.1. The van der Waals surface area contributed by atoms with Gasteiger partial charge in [-0.15, -0.1) is 0 Å². The lowest BCUT2D eigenvalue weighted by atomic mass is 9.79. The van der Waals surface area contributed by atoms with Crippen LogP contribution in [-0.4, -0.2) is 33.8 Å². The van der Waals surface area contributed by atoms with E-state index in [1.54, 1.807) is 0 Å². The van der Waals surface area contributed by atoms with Gasteiger partial charge in [-0.1, -0.05) is 41.5 Å². The summed E-state index contributed by atoms with van der Waals surface area (Å²) in [6.07, 6.45) is 4.93. The molecule has 112 valence electrons. The Kier molecular flexibility index (Phi) is 3.06. The molecule has 0 spiro atoms. The summed E-state index contributed by atoms with van der Waals surface area (Å²) in [4.78, 5) is 2.62. The zero-order valence-electron chi connectivity index (χ0n) is 13.9. The third kappa shape index (κ3) is 2.41. The van der Waals surface area contributed by atoms with Gasteiger partial charge in [-0.05, 0) is 23.8 Å². The molecule has 1 aliphatic carbocycles. The van der Waals surface area contributed by atoms with Crippen molar-refractivity contribution in [2.45, 2.75) is 77.3 Å². The van der Waals surface area contributed by atoms with E-state index in [2.05, 4.69) is 57.3 Å². The van der Waals surface area contributed by atoms with Crippen molar-refractivity contribution in [3.63, 3.8) is 0 Å². The molecule has 0 aromatic carbocycles. The van der Waals surface area contributed by atoms with Gasteiger partial charge in [0.2, 0.25) is 0 Å². The van der Waals surface area contributed by atoms with Crippen molar-refractivity contribution in [3.05, 3.63) is 17.5 Å². The van der Waals surface area contributed by atoms with E-state index in [-0.39, 0.29) is 10.8 Å². The number of hydrogen-bond donors (Lipinski definition) is 0. The van der Waals surface area contributed by atoms with Crippen LogP contribution in [0, 0.1) is 0 Å². The maximum absolute atomic E-state index is 4.78. The van der Waals surface area contributed by atoms with Gasteiger partial charge in [-0.3, -0.25) is 9.58 Å². The third-order valence-electron chi connectivity index (χ3n) is 4.61. The van der Waals surface area contributed by atoms with Gasteiger partial charge >= 0.3 is 0 Å². The Balaban J connectivity index is 1.89. The summed E-state index contributed by atoms with van der Waals surface area (Å²) in [5.41, 5.74) is 3.17. The molecule has 3 nitrogen and oxygen atoms in total. The van der Waals surface area contributed by atoms with Gasteiger partial charge in [0, 0.05) is 30.2 Å². The van der Waals surface area contributed by atoms with Crippen LogP contribution in [0.1, 0.15) is 71.7 Å². The van der Waals surface area contributed by atoms with E-state index in [0.29, 0.717) is 6.04 Å². The number of nitrogens with zero attached hydrogens (tertiary/aromatic N) is 3. The second-order valence-electron chi connectivity index (χ2n) is 8.69. The van der Waals surface area contributed by atoms with Crippen molar-refractivity contribution in [1.29, 1.82) is 0 Å². The van der Waals surface area contributed by atoms with Gasteiger partial charge in [0.25, 0.3) is 0 Å². The molecule has 1 saturated carbocycles. The first-order chi connectivity index (χ1) is 9.18. The van der Waals surface area contributed by atoms with Crippen molar-refractivity contribution in [1.82, 2.24) is 14.7 Å². The fourth-order valence-corrected chi connectivity index (χ4v) is 3.32. The van der Waals surface area contributed by atoms with E-state index in [4.69, 9.17) is 5.10 Å². The second kappa shape index (κ2) is 4.33. The summed E-state index contributed by atoms with van der Waals surface area (Å²) in [6, 6.07) is 1.47. The molecule has 0 bridgehead atoms. The topological polar surface area (TPSA) is 21.1 Å². The number of hydrogen-bond acceptors (Lipinski definition) is 2. The second-order valence-corrected chi connectivity index (χ2v) is 8.69. The number of aromatic nitrogens is 2. The smallest absolute Gasteiger partial charge is 0.0776 e. The molecule has 0 radical (unpaired) electrons. The molecule has 3 rings (SSSR count). The highest BCUT2D eigenvalue weighted by molar-refractivity contribution is 5.31. The Labute approximate surface area is 123 Å². The predicted molar refractivity (Wildman–Crippen MR) is 83.3 cm³/mol. The molecule has 0 unspecified atom stereocenters. The molecule has 2 fully saturated rings. The summed E-state index contributed by atoms with van der Waals surface area (Å²) >= 11 is 0. The Morgan fingerprint density at radius 3 is 2.00 bits per heavy atom. The minimum Gasteiger partial charge on any atom is -0.296 e. The quantitative estimate of drug-likeness (QED) is 0.823. The van der Waals surface area contributed by atoms with Crippen molar-refractivity contribution >= 4 is 0 Å². The van der Waals surface area contributed by atoms with E-state index in [9.17, 15) is 0 Å². The number of likely N-dealkylation sites (tertiary alicyclic amines) is 1. The fraction of sp³-hybridized carbons (Fsp3) is 0.824. The largest absolute Gasteiger partial charge is 0.296 e. The molecule has 2 heterocycles. The molecule has 2 aliphatic rings. The average Bonchev–Trinajstić information content (AvgIpc) is 2.90. The lowest BCUT2D eigenvalue weighted by molar-refractivity contribution is 0.0861. The molecule has 1 aliphatic heterocycles. The van der Waals surface area contributed by atoms with Crippen molar-refractivity contribution in [2.75, 3.05) is 13.1 Å². The third-order valence-corrected chi connectivity index (χ3v) is 4.61. The van der Waals surface area contributed by atoms with E-state index >= 15 is 0 Å². The molecular formula is C17H29N3. The summed E-state index contributed by atoms with van der Waals surface area (Å²) < 4.78 is 2.33. The molecular weight excluding hydrogens is 246 g/mol. The molecule has 1 saturated heterocycles. The van der Waals surface area contributed by atoms with Gasteiger partial charge in [0.05, 0.1) is 12.2 Å². The van der Waals surface area contributed by atoms with Crippen LogP contribution in [0.25, 0.3) is 0 Å². The van der Waals surface area contributed by atoms with Gasteiger partial charge < -0.3 is 0 Å².